The Hall–Kier alpha value is -3.14. The molecule has 0 spiro atoms. The van der Waals surface area contributed by atoms with Crippen molar-refractivity contribution in [2.24, 2.45) is 0 Å². The summed E-state index contributed by atoms with van der Waals surface area (Å²) in [5.41, 5.74) is 1.36. The van der Waals surface area contributed by atoms with Crippen molar-refractivity contribution in [1.82, 2.24) is 0 Å². The third kappa shape index (κ3) is 5.49. The van der Waals surface area contributed by atoms with Crippen LogP contribution in [0.2, 0.25) is 10.0 Å². The first-order valence-electron chi connectivity index (χ1n) is 9.73. The van der Waals surface area contributed by atoms with Gasteiger partial charge in [0.1, 0.15) is 17.3 Å². The van der Waals surface area contributed by atoms with Crippen LogP contribution in [0.3, 0.4) is 0 Å². The van der Waals surface area contributed by atoms with Crippen LogP contribution >= 0.6 is 36.0 Å². The van der Waals surface area contributed by atoms with Crippen molar-refractivity contribution < 1.29 is 23.5 Å². The lowest BCUT2D eigenvalue weighted by Crippen LogP contribution is -2.27. The number of amides is 3. The quantitative estimate of drug-likeness (QED) is 0.318. The van der Waals surface area contributed by atoms with E-state index in [2.05, 4.69) is 23.4 Å². The van der Waals surface area contributed by atoms with Crippen LogP contribution in [-0.2, 0) is 0 Å². The van der Waals surface area contributed by atoms with Crippen LogP contribution in [0.15, 0.2) is 48.5 Å². The molecule has 0 saturated heterocycles. The highest BCUT2D eigenvalue weighted by atomic mass is 35.5. The number of hydrogen-bond acceptors (Lipinski definition) is 5. The van der Waals surface area contributed by atoms with Crippen LogP contribution in [0.4, 0.5) is 26.2 Å². The Bertz CT molecular complexity index is 1260. The predicted octanol–water partition coefficient (Wildman–Crippen LogP) is 6.59. The number of carbonyl (C=O) groups excluding carboxylic acids is 2. The van der Waals surface area contributed by atoms with E-state index < -0.39 is 17.8 Å². The molecule has 3 rings (SSSR count). The molecule has 0 unspecified atom stereocenters. The maximum atomic E-state index is 13.9. The molecule has 0 aliphatic rings. The molecule has 2 N–H and O–H groups in total. The number of rotatable bonds is 6. The highest BCUT2D eigenvalue weighted by Crippen LogP contribution is 2.37. The van der Waals surface area contributed by atoms with Gasteiger partial charge in [0.05, 0.1) is 41.2 Å². The fourth-order valence-corrected chi connectivity index (χ4v) is 3.80. The van der Waals surface area contributed by atoms with E-state index in [0.717, 1.165) is 4.31 Å². The first-order valence-corrected chi connectivity index (χ1v) is 10.9. The number of anilines is 3. The van der Waals surface area contributed by atoms with Crippen molar-refractivity contribution in [2.45, 2.75) is 6.92 Å². The number of thiol groups is 1. The van der Waals surface area contributed by atoms with Crippen molar-refractivity contribution in [2.75, 3.05) is 29.2 Å². The summed E-state index contributed by atoms with van der Waals surface area (Å²) < 4.78 is 25.3. The molecule has 0 fully saturated rings. The summed E-state index contributed by atoms with van der Waals surface area (Å²) in [5.74, 6) is -0.572. The minimum atomic E-state index is -0.646. The number of nitrogens with zero attached hydrogens (tertiary/aromatic N) is 1. The van der Waals surface area contributed by atoms with E-state index in [1.54, 1.807) is 19.1 Å². The van der Waals surface area contributed by atoms with Gasteiger partial charge in [-0.05, 0) is 42.8 Å². The third-order valence-corrected chi connectivity index (χ3v) is 5.79. The van der Waals surface area contributed by atoms with Crippen LogP contribution in [-0.4, -0.2) is 26.2 Å². The monoisotopic (exact) mass is 523 g/mol. The topological polar surface area (TPSA) is 79.9 Å². The van der Waals surface area contributed by atoms with Gasteiger partial charge in [-0.3, -0.25) is 4.79 Å². The van der Waals surface area contributed by atoms with Gasteiger partial charge in [-0.15, -0.1) is 0 Å². The summed E-state index contributed by atoms with van der Waals surface area (Å²) >= 11 is 16.8. The second kappa shape index (κ2) is 10.9. The fourth-order valence-electron chi connectivity index (χ4n) is 3.03. The molecular weight excluding hydrogens is 504 g/mol. The second-order valence-corrected chi connectivity index (χ2v) is 8.20. The lowest BCUT2D eigenvalue weighted by Gasteiger charge is -2.21. The van der Waals surface area contributed by atoms with Gasteiger partial charge in [0, 0.05) is 11.8 Å². The smallest absolute Gasteiger partial charge is 0.336 e. The zero-order chi connectivity index (χ0) is 25.0. The van der Waals surface area contributed by atoms with Gasteiger partial charge >= 0.3 is 6.03 Å². The number of nitrogens with one attached hydrogen (secondary N) is 2. The van der Waals surface area contributed by atoms with Gasteiger partial charge < -0.3 is 20.1 Å². The summed E-state index contributed by atoms with van der Waals surface area (Å²) in [6.45, 7) is 1.70. The van der Waals surface area contributed by atoms with Gasteiger partial charge in [-0.2, -0.15) is 0 Å². The zero-order valence-corrected chi connectivity index (χ0v) is 20.7. The lowest BCUT2D eigenvalue weighted by molar-refractivity contribution is 0.102. The van der Waals surface area contributed by atoms with Crippen LogP contribution in [0, 0.1) is 12.7 Å². The molecule has 3 aromatic rings. The van der Waals surface area contributed by atoms with Crippen LogP contribution in [0.5, 0.6) is 11.5 Å². The normalized spacial score (nSPS) is 10.4. The van der Waals surface area contributed by atoms with Crippen molar-refractivity contribution in [3.63, 3.8) is 0 Å². The van der Waals surface area contributed by atoms with E-state index in [9.17, 15) is 14.0 Å². The lowest BCUT2D eigenvalue weighted by atomic mass is 10.1. The molecule has 3 aromatic carbocycles. The van der Waals surface area contributed by atoms with Crippen LogP contribution < -0.4 is 24.4 Å². The molecule has 34 heavy (non-hydrogen) atoms. The van der Waals surface area contributed by atoms with Gasteiger partial charge in [-0.1, -0.05) is 48.1 Å². The maximum absolute atomic E-state index is 13.9. The number of urea groups is 1. The molecule has 0 atom stereocenters. The Morgan fingerprint density at radius 2 is 1.59 bits per heavy atom. The predicted molar refractivity (Wildman–Crippen MR) is 136 cm³/mol. The molecule has 0 aromatic heterocycles. The molecule has 178 valence electrons. The Balaban J connectivity index is 1.82. The molecule has 0 aliphatic heterocycles. The first-order chi connectivity index (χ1) is 16.2. The number of benzene rings is 3. The second-order valence-electron chi connectivity index (χ2n) is 6.98. The number of ether oxygens (including phenoxy) is 2. The average molecular weight is 524 g/mol. The largest absolute Gasteiger partial charge is 0.495 e. The van der Waals surface area contributed by atoms with E-state index in [4.69, 9.17) is 32.7 Å². The molecule has 0 heterocycles. The number of hydrogen-bond donors (Lipinski definition) is 3. The number of aryl methyl sites for hydroxylation is 1. The summed E-state index contributed by atoms with van der Waals surface area (Å²) in [4.78, 5) is 25.3. The Morgan fingerprint density at radius 1 is 0.941 bits per heavy atom. The highest BCUT2D eigenvalue weighted by molar-refractivity contribution is 7.82. The Morgan fingerprint density at radius 3 is 2.24 bits per heavy atom. The molecule has 0 aliphatic carbocycles. The summed E-state index contributed by atoms with van der Waals surface area (Å²) in [6.07, 6.45) is 0. The molecule has 0 bridgehead atoms. The van der Waals surface area contributed by atoms with E-state index >= 15 is 0 Å². The van der Waals surface area contributed by atoms with Gasteiger partial charge in [0.2, 0.25) is 0 Å². The average Bonchev–Trinajstić information content (AvgIpc) is 2.81. The summed E-state index contributed by atoms with van der Waals surface area (Å²) in [5, 5.41) is 5.67. The van der Waals surface area contributed by atoms with Gasteiger partial charge in [0.15, 0.2) is 0 Å². The van der Waals surface area contributed by atoms with Crippen molar-refractivity contribution in [1.29, 1.82) is 0 Å². The Labute approximate surface area is 211 Å². The van der Waals surface area contributed by atoms with Crippen molar-refractivity contribution >= 4 is 65.0 Å². The van der Waals surface area contributed by atoms with Gasteiger partial charge in [0.25, 0.3) is 5.91 Å². The molecule has 11 heteroatoms. The Kier molecular flexibility index (Phi) is 8.14. The van der Waals surface area contributed by atoms with E-state index in [1.165, 1.54) is 50.6 Å². The van der Waals surface area contributed by atoms with E-state index in [-0.39, 0.29) is 21.3 Å². The number of halogens is 3. The summed E-state index contributed by atoms with van der Waals surface area (Å²) in [7, 11) is 2.90. The third-order valence-electron chi connectivity index (χ3n) is 4.80. The van der Waals surface area contributed by atoms with Gasteiger partial charge in [-0.25, -0.2) is 13.5 Å². The minimum Gasteiger partial charge on any atom is -0.495 e. The highest BCUT2D eigenvalue weighted by Gasteiger charge is 2.21. The van der Waals surface area contributed by atoms with Crippen molar-refractivity contribution in [3.05, 3.63) is 75.5 Å². The molecule has 3 amide bonds. The molecular formula is C23H20Cl2FN3O4S. The number of methoxy groups -OCH3 is 2. The first kappa shape index (κ1) is 25.5. The van der Waals surface area contributed by atoms with E-state index in [1.807, 2.05) is 0 Å². The zero-order valence-electron chi connectivity index (χ0n) is 18.3. The molecule has 0 radical (unpaired) electrons. The van der Waals surface area contributed by atoms with Crippen LogP contribution in [0.25, 0.3) is 0 Å². The minimum absolute atomic E-state index is 0.107. The van der Waals surface area contributed by atoms with Crippen LogP contribution in [0.1, 0.15) is 15.9 Å². The summed E-state index contributed by atoms with van der Waals surface area (Å²) in [6, 6.07) is 11.0. The van der Waals surface area contributed by atoms with E-state index in [0.29, 0.717) is 28.4 Å². The molecule has 7 nitrogen and oxygen atoms in total. The standard InChI is InChI=1S/C23H20Cl2FN3O4S/c1-12-8-19(14(24)9-17(12)27-22(30)13-6-4-5-7-16(13)26)29(34)23(31)28-18-10-15(25)20(32-2)11-21(18)33-3/h4-11,34H,1-3H3,(H,27,30)(H,28,31). The SMILES string of the molecule is COc1cc(OC)c(NC(=O)N(S)c2cc(C)c(NC(=O)c3ccccc3F)cc2Cl)cc1Cl. The maximum Gasteiger partial charge on any atom is 0.336 e. The molecule has 0 saturated carbocycles. The fraction of sp³-hybridized carbons (Fsp3) is 0.130. The van der Waals surface area contributed by atoms with Crippen molar-refractivity contribution in [3.8, 4) is 11.5 Å². The number of carbonyl (C=O) groups is 2.